The Morgan fingerprint density at radius 3 is 1.56 bits per heavy atom. The molecule has 13 heteroatoms. The van der Waals surface area contributed by atoms with Crippen molar-refractivity contribution in [2.24, 2.45) is 0 Å². The first kappa shape index (κ1) is 45.5. The average Bonchev–Trinajstić information content (AvgIpc) is 2.99. The Kier molecular flexibility index (Phi) is 16.1. The minimum absolute atomic E-state index is 0.0478. The smallest absolute Gasteiger partial charge is 0.408 e. The molecule has 13 nitrogen and oxygen atoms in total. The fourth-order valence-electron chi connectivity index (χ4n) is 4.99. The maximum atomic E-state index is 14.3. The zero-order valence-electron chi connectivity index (χ0n) is 34.1. The van der Waals surface area contributed by atoms with Gasteiger partial charge >= 0.3 is 30.0 Å². The molecule has 1 amide bonds. The summed E-state index contributed by atoms with van der Waals surface area (Å²) >= 11 is 0. The van der Waals surface area contributed by atoms with Gasteiger partial charge in [-0.25, -0.2) is 14.4 Å². The molecule has 2 aromatic carbocycles. The SMILES string of the molecule is CC(C)(C)OC(=O)COc1ccc(C[C@](CCN(CC(=O)OC(C)(C)C)CC(=O)OC(C)(C)C)(NC(=O)OCc2ccccc2)C(=O)OC(C)(C)C)cc1. The van der Waals surface area contributed by atoms with Crippen LogP contribution >= 0.6 is 0 Å². The van der Waals surface area contributed by atoms with Crippen molar-refractivity contribution < 1.29 is 52.4 Å². The summed E-state index contributed by atoms with van der Waals surface area (Å²) in [6.45, 7) is 19.8. The van der Waals surface area contributed by atoms with Crippen molar-refractivity contribution in [1.82, 2.24) is 10.2 Å². The van der Waals surface area contributed by atoms with Crippen LogP contribution in [0.15, 0.2) is 54.6 Å². The van der Waals surface area contributed by atoms with Gasteiger partial charge in [-0.15, -0.1) is 0 Å². The molecule has 0 radical (unpaired) electrons. The predicted molar refractivity (Wildman–Crippen MR) is 203 cm³/mol. The van der Waals surface area contributed by atoms with E-state index in [2.05, 4.69) is 5.32 Å². The topological polar surface area (TPSA) is 156 Å². The Morgan fingerprint density at radius 2 is 1.07 bits per heavy atom. The first-order chi connectivity index (χ1) is 24.7. The molecule has 2 aromatic rings. The van der Waals surface area contributed by atoms with Gasteiger partial charge in [0.25, 0.3) is 0 Å². The van der Waals surface area contributed by atoms with Crippen LogP contribution in [0.1, 0.15) is 101 Å². The lowest BCUT2D eigenvalue weighted by Gasteiger charge is -2.36. The second kappa shape index (κ2) is 19.1. The van der Waals surface area contributed by atoms with Gasteiger partial charge in [-0.2, -0.15) is 0 Å². The van der Waals surface area contributed by atoms with Gasteiger partial charge in [-0.3, -0.25) is 14.5 Å². The molecule has 0 aliphatic heterocycles. The number of esters is 4. The van der Waals surface area contributed by atoms with Crippen molar-refractivity contribution in [1.29, 1.82) is 0 Å². The van der Waals surface area contributed by atoms with Crippen LogP contribution in [0.3, 0.4) is 0 Å². The van der Waals surface area contributed by atoms with Gasteiger partial charge in [0.1, 0.15) is 40.3 Å². The fourth-order valence-corrected chi connectivity index (χ4v) is 4.99. The number of hydrogen-bond donors (Lipinski definition) is 1. The van der Waals surface area contributed by atoms with Crippen LogP contribution in [0.5, 0.6) is 5.75 Å². The molecule has 0 spiro atoms. The van der Waals surface area contributed by atoms with Crippen molar-refractivity contribution in [2.75, 3.05) is 26.2 Å². The number of nitrogens with one attached hydrogen (secondary N) is 1. The maximum absolute atomic E-state index is 14.3. The van der Waals surface area contributed by atoms with Crippen LogP contribution in [0.2, 0.25) is 0 Å². The summed E-state index contributed by atoms with van der Waals surface area (Å²) in [5.74, 6) is -2.09. The second-order valence-corrected chi connectivity index (χ2v) is 17.1. The average molecular weight is 757 g/mol. The predicted octanol–water partition coefficient (Wildman–Crippen LogP) is 6.33. The third-order valence-corrected chi connectivity index (χ3v) is 6.95. The summed E-state index contributed by atoms with van der Waals surface area (Å²) in [6.07, 6.45) is -1.08. The van der Waals surface area contributed by atoms with Crippen LogP contribution in [-0.4, -0.2) is 89.1 Å². The van der Waals surface area contributed by atoms with E-state index in [0.29, 0.717) is 11.3 Å². The number of alkyl carbamates (subject to hydrolysis) is 1. The quantitative estimate of drug-likeness (QED) is 0.150. The molecule has 0 aromatic heterocycles. The maximum Gasteiger partial charge on any atom is 0.408 e. The van der Waals surface area contributed by atoms with Gasteiger partial charge < -0.3 is 33.7 Å². The molecule has 0 aliphatic rings. The molecule has 1 N–H and O–H groups in total. The zero-order chi connectivity index (χ0) is 41.0. The monoisotopic (exact) mass is 756 g/mol. The molecular formula is C41H60N2O11. The van der Waals surface area contributed by atoms with Crippen molar-refractivity contribution in [2.45, 2.75) is 130 Å². The number of ether oxygens (including phenoxy) is 6. The largest absolute Gasteiger partial charge is 0.482 e. The number of amides is 1. The third kappa shape index (κ3) is 18.9. The van der Waals surface area contributed by atoms with E-state index in [0.717, 1.165) is 5.56 Å². The first-order valence-electron chi connectivity index (χ1n) is 18.0. The minimum Gasteiger partial charge on any atom is -0.482 e. The van der Waals surface area contributed by atoms with E-state index in [1.165, 1.54) is 4.90 Å². The molecule has 0 saturated heterocycles. The Morgan fingerprint density at radius 1 is 0.593 bits per heavy atom. The van der Waals surface area contributed by atoms with Crippen LogP contribution in [0.25, 0.3) is 0 Å². The lowest BCUT2D eigenvalue weighted by molar-refractivity contribution is -0.164. The summed E-state index contributed by atoms with van der Waals surface area (Å²) in [5, 5.41) is 2.80. The highest BCUT2D eigenvalue weighted by molar-refractivity contribution is 5.86. The van der Waals surface area contributed by atoms with Gasteiger partial charge in [0.15, 0.2) is 6.61 Å². The van der Waals surface area contributed by atoms with Gasteiger partial charge in [-0.1, -0.05) is 42.5 Å². The molecule has 0 heterocycles. The summed E-state index contributed by atoms with van der Waals surface area (Å²) in [5.41, 5.74) is -3.63. The van der Waals surface area contributed by atoms with E-state index in [-0.39, 0.29) is 45.7 Å². The summed E-state index contributed by atoms with van der Waals surface area (Å²) < 4.78 is 33.5. The van der Waals surface area contributed by atoms with Crippen molar-refractivity contribution in [3.63, 3.8) is 0 Å². The first-order valence-corrected chi connectivity index (χ1v) is 18.0. The lowest BCUT2D eigenvalue weighted by Crippen LogP contribution is -2.59. The van der Waals surface area contributed by atoms with Gasteiger partial charge in [0.2, 0.25) is 0 Å². The molecule has 300 valence electrons. The van der Waals surface area contributed by atoms with Gasteiger partial charge in [0.05, 0.1) is 13.1 Å². The van der Waals surface area contributed by atoms with Crippen molar-refractivity contribution >= 4 is 30.0 Å². The van der Waals surface area contributed by atoms with E-state index in [1.54, 1.807) is 119 Å². The summed E-state index contributed by atoms with van der Waals surface area (Å²) in [7, 11) is 0. The molecule has 54 heavy (non-hydrogen) atoms. The van der Waals surface area contributed by atoms with Crippen molar-refractivity contribution in [3.05, 3.63) is 65.7 Å². The summed E-state index contributed by atoms with van der Waals surface area (Å²) in [6, 6.07) is 15.7. The van der Waals surface area contributed by atoms with E-state index in [1.807, 2.05) is 18.2 Å². The molecular weight excluding hydrogens is 696 g/mol. The molecule has 0 bridgehead atoms. The number of rotatable bonds is 16. The fraction of sp³-hybridized carbons (Fsp3) is 0.585. The molecule has 1 atom stereocenters. The Labute approximate surface area is 320 Å². The highest BCUT2D eigenvalue weighted by atomic mass is 16.6. The molecule has 0 aliphatic carbocycles. The van der Waals surface area contributed by atoms with E-state index < -0.39 is 57.9 Å². The van der Waals surface area contributed by atoms with E-state index in [9.17, 15) is 24.0 Å². The van der Waals surface area contributed by atoms with Crippen LogP contribution in [-0.2, 0) is 55.9 Å². The van der Waals surface area contributed by atoms with Gasteiger partial charge in [-0.05, 0) is 113 Å². The third-order valence-electron chi connectivity index (χ3n) is 6.95. The van der Waals surface area contributed by atoms with E-state index >= 15 is 0 Å². The Bertz CT molecular complexity index is 1520. The standard InChI is InChI=1S/C41H60N2O11/c1-37(2,3)51-32(44)25-43(26-33(45)52-38(4,5)6)23-22-41(35(47)54-40(10,11)12,42-36(48)50-27-30-16-14-13-15-17-30)24-29-18-20-31(21-19-29)49-28-34(46)53-39(7,8)9/h13-21H,22-28H2,1-12H3,(H,42,48)/t41-/m0/s1. The Hall–Kier alpha value is -4.65. The number of hydrogen-bond acceptors (Lipinski definition) is 12. The second-order valence-electron chi connectivity index (χ2n) is 17.1. The van der Waals surface area contributed by atoms with Crippen LogP contribution in [0, 0.1) is 0 Å². The Balaban J connectivity index is 2.52. The lowest BCUT2D eigenvalue weighted by atomic mass is 9.86. The summed E-state index contributed by atoms with van der Waals surface area (Å²) in [4.78, 5) is 67.6. The molecule has 0 fully saturated rings. The molecule has 0 saturated carbocycles. The number of nitrogens with zero attached hydrogens (tertiary/aromatic N) is 1. The number of carbonyl (C=O) groups excluding carboxylic acids is 5. The number of carbonyl (C=O) groups is 5. The van der Waals surface area contributed by atoms with Gasteiger partial charge in [0, 0.05) is 13.0 Å². The van der Waals surface area contributed by atoms with Crippen LogP contribution < -0.4 is 10.1 Å². The highest BCUT2D eigenvalue weighted by Gasteiger charge is 2.44. The minimum atomic E-state index is -1.76. The number of benzene rings is 2. The molecule has 2 rings (SSSR count). The van der Waals surface area contributed by atoms with Crippen LogP contribution in [0.4, 0.5) is 4.79 Å². The normalized spacial score (nSPS) is 13.3. The highest BCUT2D eigenvalue weighted by Crippen LogP contribution is 2.26. The van der Waals surface area contributed by atoms with E-state index in [4.69, 9.17) is 28.4 Å². The van der Waals surface area contributed by atoms with Crippen molar-refractivity contribution in [3.8, 4) is 5.75 Å². The zero-order valence-corrected chi connectivity index (χ0v) is 34.1. The molecule has 0 unspecified atom stereocenters.